The van der Waals surface area contributed by atoms with Gasteiger partial charge >= 0.3 is 0 Å². The van der Waals surface area contributed by atoms with Crippen LogP contribution in [-0.2, 0) is 0 Å². The Bertz CT molecular complexity index is 611. The molecule has 2 N–H and O–H groups in total. The van der Waals surface area contributed by atoms with Crippen LogP contribution in [0.2, 0.25) is 0 Å². The fourth-order valence-electron chi connectivity index (χ4n) is 1.82. The number of nitrogens with two attached hydrogens (primary N) is 1. The molecular formula is C15H16N4. The third-order valence-electron chi connectivity index (χ3n) is 3.29. The molecule has 0 bridgehead atoms. The second-order valence-corrected chi connectivity index (χ2v) is 4.54. The van der Waals surface area contributed by atoms with Gasteiger partial charge in [-0.1, -0.05) is 38.1 Å². The van der Waals surface area contributed by atoms with E-state index in [9.17, 15) is 0 Å². The number of hydrogen-bond acceptors (Lipinski definition) is 4. The Morgan fingerprint density at radius 3 is 2.53 bits per heavy atom. The van der Waals surface area contributed by atoms with Crippen LogP contribution in [0.15, 0.2) is 30.5 Å². The maximum absolute atomic E-state index is 8.79. The van der Waals surface area contributed by atoms with Crippen LogP contribution in [0.5, 0.6) is 0 Å². The monoisotopic (exact) mass is 252 g/mol. The summed E-state index contributed by atoms with van der Waals surface area (Å²) in [5, 5.41) is 8.79. The molecule has 0 aliphatic heterocycles. The van der Waals surface area contributed by atoms with E-state index < -0.39 is 0 Å². The topological polar surface area (TPSA) is 75.6 Å². The van der Waals surface area contributed by atoms with E-state index >= 15 is 0 Å². The van der Waals surface area contributed by atoms with E-state index in [0.717, 1.165) is 12.0 Å². The summed E-state index contributed by atoms with van der Waals surface area (Å²) in [6.07, 6.45) is 2.57. The Morgan fingerprint density at radius 1 is 1.32 bits per heavy atom. The normalized spacial score (nSPS) is 11.8. The molecule has 0 spiro atoms. The zero-order chi connectivity index (χ0) is 13.8. The molecule has 1 unspecified atom stereocenters. The first-order valence-corrected chi connectivity index (χ1v) is 6.28. The summed E-state index contributed by atoms with van der Waals surface area (Å²) in [5.74, 6) is 1.31. The second kappa shape index (κ2) is 5.49. The van der Waals surface area contributed by atoms with Crippen LogP contribution in [0.25, 0.3) is 11.4 Å². The van der Waals surface area contributed by atoms with Crippen molar-refractivity contribution in [3.63, 3.8) is 0 Å². The van der Waals surface area contributed by atoms with Crippen molar-refractivity contribution in [2.75, 3.05) is 5.73 Å². The number of rotatable bonds is 3. The van der Waals surface area contributed by atoms with Crippen molar-refractivity contribution in [1.29, 1.82) is 5.26 Å². The van der Waals surface area contributed by atoms with Gasteiger partial charge in [0.15, 0.2) is 5.82 Å². The minimum Gasteiger partial charge on any atom is -0.382 e. The van der Waals surface area contributed by atoms with Gasteiger partial charge < -0.3 is 5.73 Å². The molecule has 1 aromatic carbocycles. The van der Waals surface area contributed by atoms with Crippen molar-refractivity contribution in [2.24, 2.45) is 0 Å². The summed E-state index contributed by atoms with van der Waals surface area (Å²) in [4.78, 5) is 8.31. The van der Waals surface area contributed by atoms with Crippen LogP contribution in [0.3, 0.4) is 0 Å². The lowest BCUT2D eigenvalue weighted by Gasteiger charge is -2.09. The zero-order valence-corrected chi connectivity index (χ0v) is 11.1. The molecule has 1 heterocycles. The van der Waals surface area contributed by atoms with Crippen molar-refractivity contribution in [2.45, 2.75) is 26.2 Å². The van der Waals surface area contributed by atoms with Gasteiger partial charge in [-0.25, -0.2) is 9.97 Å². The number of benzene rings is 1. The third kappa shape index (κ3) is 2.71. The summed E-state index contributed by atoms with van der Waals surface area (Å²) in [5.41, 5.74) is 8.21. The van der Waals surface area contributed by atoms with Crippen molar-refractivity contribution in [3.8, 4) is 17.5 Å². The van der Waals surface area contributed by atoms with Crippen LogP contribution in [0.4, 0.5) is 5.82 Å². The van der Waals surface area contributed by atoms with Gasteiger partial charge in [-0.3, -0.25) is 0 Å². The molecule has 4 heteroatoms. The maximum Gasteiger partial charge on any atom is 0.161 e. The lowest BCUT2D eigenvalue weighted by Crippen LogP contribution is -1.99. The zero-order valence-electron chi connectivity index (χ0n) is 11.1. The van der Waals surface area contributed by atoms with Crippen molar-refractivity contribution in [3.05, 3.63) is 41.6 Å². The van der Waals surface area contributed by atoms with Crippen molar-refractivity contribution in [1.82, 2.24) is 9.97 Å². The summed E-state index contributed by atoms with van der Waals surface area (Å²) in [6, 6.07) is 10.1. The predicted octanol–water partition coefficient (Wildman–Crippen LogP) is 3.11. The number of aromatic nitrogens is 2. The molecule has 96 valence electrons. The molecule has 0 fully saturated rings. The van der Waals surface area contributed by atoms with E-state index in [-0.39, 0.29) is 5.82 Å². The van der Waals surface area contributed by atoms with E-state index in [1.807, 2.05) is 18.2 Å². The minimum absolute atomic E-state index is 0.221. The lowest BCUT2D eigenvalue weighted by molar-refractivity contribution is 0.734. The van der Waals surface area contributed by atoms with Gasteiger partial charge in [0.05, 0.1) is 6.20 Å². The molecule has 1 aromatic heterocycles. The highest BCUT2D eigenvalue weighted by molar-refractivity contribution is 5.59. The van der Waals surface area contributed by atoms with Crippen LogP contribution < -0.4 is 5.73 Å². The highest BCUT2D eigenvalue weighted by atomic mass is 14.9. The first-order chi connectivity index (χ1) is 9.15. The molecule has 0 saturated heterocycles. The highest BCUT2D eigenvalue weighted by Crippen LogP contribution is 2.23. The Morgan fingerprint density at radius 2 is 2.00 bits per heavy atom. The summed E-state index contributed by atoms with van der Waals surface area (Å²) in [7, 11) is 0. The van der Waals surface area contributed by atoms with Crippen LogP contribution in [0, 0.1) is 11.3 Å². The van der Waals surface area contributed by atoms with E-state index in [2.05, 4.69) is 35.9 Å². The first-order valence-electron chi connectivity index (χ1n) is 6.28. The molecule has 0 saturated carbocycles. The highest BCUT2D eigenvalue weighted by Gasteiger charge is 2.07. The van der Waals surface area contributed by atoms with Gasteiger partial charge in [0.1, 0.15) is 17.5 Å². The fraction of sp³-hybridized carbons (Fsp3) is 0.267. The molecule has 2 rings (SSSR count). The number of nitrogen functional groups attached to an aromatic ring is 1. The summed E-state index contributed by atoms with van der Waals surface area (Å²) >= 11 is 0. The molecule has 0 amide bonds. The van der Waals surface area contributed by atoms with Crippen LogP contribution in [-0.4, -0.2) is 9.97 Å². The molecule has 1 atom stereocenters. The number of nitriles is 1. The Labute approximate surface area is 112 Å². The molecule has 0 aliphatic carbocycles. The smallest absolute Gasteiger partial charge is 0.161 e. The van der Waals surface area contributed by atoms with Gasteiger partial charge in [0, 0.05) is 5.56 Å². The van der Waals surface area contributed by atoms with Gasteiger partial charge in [0.2, 0.25) is 0 Å². The third-order valence-corrected chi connectivity index (χ3v) is 3.29. The summed E-state index contributed by atoms with van der Waals surface area (Å²) in [6.45, 7) is 4.37. The minimum atomic E-state index is 0.221. The summed E-state index contributed by atoms with van der Waals surface area (Å²) < 4.78 is 0. The van der Waals surface area contributed by atoms with Gasteiger partial charge in [-0.05, 0) is 17.9 Å². The van der Waals surface area contributed by atoms with Crippen molar-refractivity contribution >= 4 is 5.82 Å². The molecule has 4 nitrogen and oxygen atoms in total. The van der Waals surface area contributed by atoms with E-state index in [0.29, 0.717) is 17.3 Å². The molecule has 0 aliphatic rings. The number of hydrogen-bond donors (Lipinski definition) is 1. The average Bonchev–Trinajstić information content (AvgIpc) is 2.46. The van der Waals surface area contributed by atoms with Gasteiger partial charge in [-0.2, -0.15) is 5.26 Å². The molecule has 2 aromatic rings. The number of nitrogens with zero attached hydrogens (tertiary/aromatic N) is 3. The Kier molecular flexibility index (Phi) is 3.76. The SMILES string of the molecule is CCC(C)c1ccc(-c2ncc(C#N)c(N)n2)cc1. The Hall–Kier alpha value is -2.41. The largest absolute Gasteiger partial charge is 0.382 e. The van der Waals surface area contributed by atoms with Gasteiger partial charge in [-0.15, -0.1) is 0 Å². The lowest BCUT2D eigenvalue weighted by atomic mass is 9.97. The van der Waals surface area contributed by atoms with Crippen molar-refractivity contribution < 1.29 is 0 Å². The molecular weight excluding hydrogens is 236 g/mol. The standard InChI is InChI=1S/C15H16N4/c1-3-10(2)11-4-6-12(7-5-11)15-18-9-13(8-16)14(17)19-15/h4-7,9-10H,3H2,1-2H3,(H2,17,18,19). The van der Waals surface area contributed by atoms with E-state index in [1.54, 1.807) is 0 Å². The average molecular weight is 252 g/mol. The second-order valence-electron chi connectivity index (χ2n) is 4.54. The first kappa shape index (κ1) is 13.0. The van der Waals surface area contributed by atoms with Crippen LogP contribution >= 0.6 is 0 Å². The predicted molar refractivity (Wildman–Crippen MR) is 75.3 cm³/mol. The van der Waals surface area contributed by atoms with Gasteiger partial charge in [0.25, 0.3) is 0 Å². The van der Waals surface area contributed by atoms with E-state index in [4.69, 9.17) is 11.0 Å². The van der Waals surface area contributed by atoms with Crippen LogP contribution in [0.1, 0.15) is 37.3 Å². The quantitative estimate of drug-likeness (QED) is 0.910. The molecule has 0 radical (unpaired) electrons. The molecule has 19 heavy (non-hydrogen) atoms. The number of anilines is 1. The fourth-order valence-corrected chi connectivity index (χ4v) is 1.82. The maximum atomic E-state index is 8.79. The van der Waals surface area contributed by atoms with E-state index in [1.165, 1.54) is 11.8 Å². The Balaban J connectivity index is 2.33.